The number of aromatic amines is 1. The first kappa shape index (κ1) is 16.5. The van der Waals surface area contributed by atoms with Crippen LogP contribution in [0.2, 0.25) is 5.02 Å². The Kier molecular flexibility index (Phi) is 4.82. The lowest BCUT2D eigenvalue weighted by Crippen LogP contribution is -1.95. The number of nitrogens with one attached hydrogen (secondary N) is 1. The van der Waals surface area contributed by atoms with Gasteiger partial charge in [-0.3, -0.25) is 4.79 Å². The molecule has 3 aromatic rings. The third kappa shape index (κ3) is 3.74. The Morgan fingerprint density at radius 3 is 2.75 bits per heavy atom. The van der Waals surface area contributed by atoms with E-state index in [0.29, 0.717) is 15.9 Å². The third-order valence-corrected chi connectivity index (χ3v) is 4.40. The number of hydrogen-bond donors (Lipinski definition) is 2. The number of halogens is 2. The molecule has 24 heavy (non-hydrogen) atoms. The summed E-state index contributed by atoms with van der Waals surface area (Å²) in [4.78, 5) is 15.3. The van der Waals surface area contributed by atoms with Crippen LogP contribution in [0.15, 0.2) is 57.6 Å². The molecular formula is C16H11ClFN3O2S. The molecule has 0 unspecified atom stereocenters. The number of aromatic hydroxyl groups is 1. The second-order valence-electron chi connectivity index (χ2n) is 4.85. The topological polar surface area (TPSA) is 77.8 Å². The zero-order chi connectivity index (χ0) is 17.1. The Labute approximate surface area is 145 Å². The van der Waals surface area contributed by atoms with Gasteiger partial charge in [0, 0.05) is 15.3 Å². The average Bonchev–Trinajstić information content (AvgIpc) is 2.86. The Morgan fingerprint density at radius 1 is 1.25 bits per heavy atom. The van der Waals surface area contributed by atoms with Crippen molar-refractivity contribution >= 4 is 45.9 Å². The Bertz CT molecular complexity index is 925. The fourth-order valence-electron chi connectivity index (χ4n) is 2.05. The average molecular weight is 364 g/mol. The van der Waals surface area contributed by atoms with Gasteiger partial charge in [-0.15, -0.1) is 22.0 Å². The summed E-state index contributed by atoms with van der Waals surface area (Å²) in [5.41, 5.74) is 0.485. The maximum absolute atomic E-state index is 13.2. The molecule has 2 aromatic carbocycles. The van der Waals surface area contributed by atoms with Gasteiger partial charge < -0.3 is 10.1 Å². The smallest absolute Gasteiger partial charge is 0.274 e. The van der Waals surface area contributed by atoms with Gasteiger partial charge in [-0.2, -0.15) is 0 Å². The van der Waals surface area contributed by atoms with E-state index in [9.17, 15) is 14.3 Å². The summed E-state index contributed by atoms with van der Waals surface area (Å²) in [5.74, 6) is -1.06. The van der Waals surface area contributed by atoms with Crippen LogP contribution < -0.4 is 0 Å². The second kappa shape index (κ2) is 7.02. The summed E-state index contributed by atoms with van der Waals surface area (Å²) in [6.07, 6.45) is 0. The van der Waals surface area contributed by atoms with Gasteiger partial charge >= 0.3 is 0 Å². The maximum Gasteiger partial charge on any atom is 0.274 e. The molecule has 0 radical (unpaired) electrons. The van der Waals surface area contributed by atoms with Crippen LogP contribution in [0.3, 0.4) is 0 Å². The monoisotopic (exact) mass is 363 g/mol. The van der Waals surface area contributed by atoms with Crippen molar-refractivity contribution in [3.8, 4) is 5.88 Å². The number of aromatic nitrogens is 1. The summed E-state index contributed by atoms with van der Waals surface area (Å²) in [5, 5.41) is 18.3. The predicted octanol–water partition coefficient (Wildman–Crippen LogP) is 5.07. The van der Waals surface area contributed by atoms with E-state index >= 15 is 0 Å². The van der Waals surface area contributed by atoms with Gasteiger partial charge in [0.2, 0.25) is 5.88 Å². The molecule has 0 aliphatic carbocycles. The molecule has 0 aliphatic heterocycles. The summed E-state index contributed by atoms with van der Waals surface area (Å²) in [6.45, 7) is 0. The lowest BCUT2D eigenvalue weighted by atomic mass is 10.2. The van der Waals surface area contributed by atoms with E-state index in [-0.39, 0.29) is 17.3 Å². The molecule has 0 aliphatic rings. The van der Waals surface area contributed by atoms with Gasteiger partial charge in [-0.25, -0.2) is 4.39 Å². The van der Waals surface area contributed by atoms with Crippen LogP contribution in [0.5, 0.6) is 5.88 Å². The summed E-state index contributed by atoms with van der Waals surface area (Å²) < 4.78 is 13.2. The molecule has 1 heterocycles. The fourth-order valence-corrected chi connectivity index (χ4v) is 2.85. The molecule has 8 heteroatoms. The van der Waals surface area contributed by atoms with Gasteiger partial charge in [-0.05, 0) is 42.5 Å². The van der Waals surface area contributed by atoms with Crippen molar-refractivity contribution in [2.45, 2.75) is 4.90 Å². The van der Waals surface area contributed by atoms with E-state index in [2.05, 4.69) is 15.2 Å². The quantitative estimate of drug-likeness (QED) is 0.502. The van der Waals surface area contributed by atoms with E-state index in [1.807, 2.05) is 0 Å². The van der Waals surface area contributed by atoms with Crippen LogP contribution >= 0.6 is 23.4 Å². The van der Waals surface area contributed by atoms with Gasteiger partial charge in [0.1, 0.15) is 5.82 Å². The number of rotatable bonds is 4. The standard InChI is InChI=1S/C16H11ClFN3O2S/c17-9-1-4-11(5-2-9)24-8-14(22)20-21-15-12-6-3-10(18)7-13(12)19-16(15)23/h1-7,19,23H,8H2. The first-order chi connectivity index (χ1) is 11.5. The summed E-state index contributed by atoms with van der Waals surface area (Å²) in [6, 6.07) is 11.0. The van der Waals surface area contributed by atoms with Gasteiger partial charge in [-0.1, -0.05) is 11.6 Å². The lowest BCUT2D eigenvalue weighted by molar-refractivity contribution is -0.115. The SMILES string of the molecule is O=C(CSc1ccc(Cl)cc1)N=Nc1c(O)[nH]c2cc(F)ccc12. The number of hydrogen-bond acceptors (Lipinski definition) is 4. The molecular weight excluding hydrogens is 353 g/mol. The zero-order valence-corrected chi connectivity index (χ0v) is 13.7. The molecule has 0 spiro atoms. The van der Waals surface area contributed by atoms with Crippen LogP contribution in [0.4, 0.5) is 10.1 Å². The number of carbonyl (C=O) groups excluding carboxylic acids is 1. The van der Waals surface area contributed by atoms with Crippen molar-refractivity contribution in [2.24, 2.45) is 10.2 Å². The number of azo groups is 1. The van der Waals surface area contributed by atoms with Crippen molar-refractivity contribution in [1.29, 1.82) is 0 Å². The summed E-state index contributed by atoms with van der Waals surface area (Å²) >= 11 is 7.10. The minimum atomic E-state index is -0.453. The molecule has 122 valence electrons. The van der Waals surface area contributed by atoms with Crippen molar-refractivity contribution in [3.05, 3.63) is 53.3 Å². The third-order valence-electron chi connectivity index (χ3n) is 3.15. The number of amides is 1. The van der Waals surface area contributed by atoms with E-state index < -0.39 is 11.7 Å². The molecule has 0 fully saturated rings. The number of H-pyrrole nitrogens is 1. The second-order valence-corrected chi connectivity index (χ2v) is 6.33. The van der Waals surface area contributed by atoms with Crippen molar-refractivity contribution in [2.75, 3.05) is 5.75 Å². The molecule has 0 atom stereocenters. The van der Waals surface area contributed by atoms with Crippen LogP contribution in [-0.2, 0) is 4.79 Å². The summed E-state index contributed by atoms with van der Waals surface area (Å²) in [7, 11) is 0. The zero-order valence-electron chi connectivity index (χ0n) is 12.2. The molecule has 0 bridgehead atoms. The largest absolute Gasteiger partial charge is 0.493 e. The number of benzene rings is 2. The molecule has 0 saturated carbocycles. The van der Waals surface area contributed by atoms with Crippen LogP contribution in [-0.4, -0.2) is 21.8 Å². The molecule has 3 rings (SSSR count). The van der Waals surface area contributed by atoms with Crippen molar-refractivity contribution in [3.63, 3.8) is 0 Å². The Hall–Kier alpha value is -2.38. The van der Waals surface area contributed by atoms with Gasteiger partial charge in [0.05, 0.1) is 11.3 Å². The minimum absolute atomic E-state index is 0.100. The van der Waals surface area contributed by atoms with E-state index in [1.165, 1.54) is 30.0 Å². The molecule has 1 aromatic heterocycles. The molecule has 1 amide bonds. The fraction of sp³-hybridized carbons (Fsp3) is 0.0625. The van der Waals surface area contributed by atoms with Gasteiger partial charge in [0.25, 0.3) is 5.91 Å². The van der Waals surface area contributed by atoms with Gasteiger partial charge in [0.15, 0.2) is 5.69 Å². The Morgan fingerprint density at radius 2 is 2.00 bits per heavy atom. The maximum atomic E-state index is 13.2. The van der Waals surface area contributed by atoms with Crippen LogP contribution in [0.1, 0.15) is 0 Å². The van der Waals surface area contributed by atoms with Crippen molar-refractivity contribution in [1.82, 2.24) is 4.98 Å². The highest BCUT2D eigenvalue weighted by Gasteiger charge is 2.11. The van der Waals surface area contributed by atoms with Crippen molar-refractivity contribution < 1.29 is 14.3 Å². The number of fused-ring (bicyclic) bond motifs is 1. The first-order valence-corrected chi connectivity index (χ1v) is 8.22. The number of carbonyl (C=O) groups is 1. The van der Waals surface area contributed by atoms with E-state index in [4.69, 9.17) is 11.6 Å². The van der Waals surface area contributed by atoms with Crippen LogP contribution in [0, 0.1) is 5.82 Å². The highest BCUT2D eigenvalue weighted by atomic mass is 35.5. The molecule has 2 N–H and O–H groups in total. The minimum Gasteiger partial charge on any atom is -0.493 e. The normalized spacial score (nSPS) is 11.4. The number of nitrogens with zero attached hydrogens (tertiary/aromatic N) is 2. The molecule has 5 nitrogen and oxygen atoms in total. The van der Waals surface area contributed by atoms with E-state index in [0.717, 1.165) is 4.90 Å². The predicted molar refractivity (Wildman–Crippen MR) is 91.6 cm³/mol. The van der Waals surface area contributed by atoms with Crippen LogP contribution in [0.25, 0.3) is 10.9 Å². The highest BCUT2D eigenvalue weighted by molar-refractivity contribution is 8.00. The first-order valence-electron chi connectivity index (χ1n) is 6.86. The highest BCUT2D eigenvalue weighted by Crippen LogP contribution is 2.35. The Balaban J connectivity index is 1.70. The number of thioether (sulfide) groups is 1. The molecule has 0 saturated heterocycles. The lowest BCUT2D eigenvalue weighted by Gasteiger charge is -1.98. The van der Waals surface area contributed by atoms with E-state index in [1.54, 1.807) is 24.3 Å².